The first-order chi connectivity index (χ1) is 7.00. The fraction of sp³-hybridized carbons (Fsp3) is 0.600. The maximum absolute atomic E-state index is 12.1. The molecule has 15 heavy (non-hydrogen) atoms. The molecule has 82 valence electrons. The molecule has 1 aliphatic heterocycles. The topological polar surface area (TPSA) is 75.0 Å². The molecule has 2 heterocycles. The number of aromatic amines is 1. The number of anilines is 1. The Morgan fingerprint density at radius 2 is 2.40 bits per heavy atom. The molecule has 5 nitrogen and oxygen atoms in total. The van der Waals surface area contributed by atoms with Crippen LogP contribution in [0.15, 0.2) is 6.07 Å². The second kappa shape index (κ2) is 3.25. The number of rotatable bonds is 1. The summed E-state index contributed by atoms with van der Waals surface area (Å²) in [7, 11) is 0. The molecule has 1 aromatic rings. The Kier molecular flexibility index (Phi) is 2.17. The Bertz CT molecular complexity index is 383. The molecular weight excluding hydrogens is 192 g/mol. The van der Waals surface area contributed by atoms with Gasteiger partial charge >= 0.3 is 0 Å². The zero-order valence-electron chi connectivity index (χ0n) is 9.08. The number of carbonyl (C=O) groups excluding carboxylic acids is 1. The fourth-order valence-corrected chi connectivity index (χ4v) is 2.08. The second-order valence-electron chi connectivity index (χ2n) is 4.58. The Balaban J connectivity index is 2.21. The molecule has 0 bridgehead atoms. The molecule has 0 atom stereocenters. The highest BCUT2D eigenvalue weighted by atomic mass is 16.2. The van der Waals surface area contributed by atoms with Gasteiger partial charge in [0.25, 0.3) is 5.91 Å². The maximum Gasteiger partial charge on any atom is 0.272 e. The monoisotopic (exact) mass is 208 g/mol. The van der Waals surface area contributed by atoms with Gasteiger partial charge < -0.3 is 10.6 Å². The van der Waals surface area contributed by atoms with E-state index in [4.69, 9.17) is 5.73 Å². The van der Waals surface area contributed by atoms with Crippen LogP contribution in [-0.2, 0) is 0 Å². The minimum absolute atomic E-state index is 0.0123. The number of nitrogens with one attached hydrogen (secondary N) is 1. The number of likely N-dealkylation sites (tertiary alicyclic amines) is 1. The van der Waals surface area contributed by atoms with Gasteiger partial charge in [-0.3, -0.25) is 9.89 Å². The minimum Gasteiger partial charge on any atom is -0.382 e. The highest BCUT2D eigenvalue weighted by Gasteiger charge is 2.36. The molecule has 0 aliphatic carbocycles. The highest BCUT2D eigenvalue weighted by molar-refractivity contribution is 5.93. The van der Waals surface area contributed by atoms with Crippen molar-refractivity contribution in [3.8, 4) is 0 Å². The summed E-state index contributed by atoms with van der Waals surface area (Å²) in [5.41, 5.74) is 5.89. The van der Waals surface area contributed by atoms with E-state index in [0.29, 0.717) is 11.5 Å². The van der Waals surface area contributed by atoms with Gasteiger partial charge in [-0.05, 0) is 26.7 Å². The number of hydrogen-bond donors (Lipinski definition) is 2. The maximum atomic E-state index is 12.1. The zero-order chi connectivity index (χ0) is 11.1. The number of aromatic nitrogens is 2. The number of amides is 1. The standard InChI is InChI=1S/C10H16N4O/c1-10(2)4-3-5-14(10)9(15)7-6-8(11)13-12-7/h6H,3-5H2,1-2H3,(H3,11,12,13). The predicted molar refractivity (Wildman–Crippen MR) is 57.3 cm³/mol. The van der Waals surface area contributed by atoms with Crippen LogP contribution in [0, 0.1) is 0 Å². The number of carbonyl (C=O) groups is 1. The summed E-state index contributed by atoms with van der Waals surface area (Å²) < 4.78 is 0. The van der Waals surface area contributed by atoms with Gasteiger partial charge in [-0.1, -0.05) is 0 Å². The number of H-pyrrole nitrogens is 1. The van der Waals surface area contributed by atoms with E-state index in [1.807, 2.05) is 4.90 Å². The zero-order valence-corrected chi connectivity index (χ0v) is 9.08. The van der Waals surface area contributed by atoms with E-state index in [1.165, 1.54) is 0 Å². The molecule has 5 heteroatoms. The van der Waals surface area contributed by atoms with Crippen molar-refractivity contribution in [1.82, 2.24) is 15.1 Å². The highest BCUT2D eigenvalue weighted by Crippen LogP contribution is 2.29. The van der Waals surface area contributed by atoms with Crippen molar-refractivity contribution >= 4 is 11.7 Å². The SMILES string of the molecule is CC1(C)CCCN1C(=O)c1cc(N)n[nH]1. The van der Waals surface area contributed by atoms with Gasteiger partial charge in [-0.2, -0.15) is 5.10 Å². The second-order valence-corrected chi connectivity index (χ2v) is 4.58. The molecular formula is C10H16N4O. The third-order valence-corrected chi connectivity index (χ3v) is 2.97. The normalized spacial score (nSPS) is 19.5. The molecule has 0 saturated carbocycles. The molecule has 1 fully saturated rings. The Hall–Kier alpha value is -1.52. The van der Waals surface area contributed by atoms with Crippen molar-refractivity contribution in [1.29, 1.82) is 0 Å². The Morgan fingerprint density at radius 3 is 2.87 bits per heavy atom. The lowest BCUT2D eigenvalue weighted by Gasteiger charge is -2.31. The fourth-order valence-electron chi connectivity index (χ4n) is 2.08. The van der Waals surface area contributed by atoms with Crippen molar-refractivity contribution in [2.24, 2.45) is 0 Å². The molecule has 1 aliphatic rings. The van der Waals surface area contributed by atoms with Gasteiger partial charge in [-0.25, -0.2) is 0 Å². The van der Waals surface area contributed by atoms with Crippen LogP contribution in [0.3, 0.4) is 0 Å². The van der Waals surface area contributed by atoms with Crippen molar-refractivity contribution < 1.29 is 4.79 Å². The summed E-state index contributed by atoms with van der Waals surface area (Å²) in [6.07, 6.45) is 2.10. The van der Waals surface area contributed by atoms with Gasteiger partial charge in [0.05, 0.1) is 0 Å². The molecule has 0 spiro atoms. The molecule has 2 rings (SSSR count). The Labute approximate surface area is 88.6 Å². The van der Waals surface area contributed by atoms with Crippen LogP contribution >= 0.6 is 0 Å². The molecule has 0 aromatic carbocycles. The van der Waals surface area contributed by atoms with Gasteiger partial charge in [0, 0.05) is 18.2 Å². The summed E-state index contributed by atoms with van der Waals surface area (Å²) in [5.74, 6) is 0.344. The molecule has 1 saturated heterocycles. The quantitative estimate of drug-likeness (QED) is 0.723. The largest absolute Gasteiger partial charge is 0.382 e. The van der Waals surface area contributed by atoms with Crippen LogP contribution in [0.1, 0.15) is 37.2 Å². The average Bonchev–Trinajstić information content (AvgIpc) is 2.70. The van der Waals surface area contributed by atoms with E-state index in [9.17, 15) is 4.79 Å². The van der Waals surface area contributed by atoms with E-state index in [1.54, 1.807) is 6.07 Å². The summed E-state index contributed by atoms with van der Waals surface area (Å²) in [6.45, 7) is 4.97. The average molecular weight is 208 g/mol. The van der Waals surface area contributed by atoms with E-state index >= 15 is 0 Å². The number of nitrogen functional groups attached to an aromatic ring is 1. The van der Waals surface area contributed by atoms with Crippen LogP contribution in [0.25, 0.3) is 0 Å². The van der Waals surface area contributed by atoms with Gasteiger partial charge in [-0.15, -0.1) is 0 Å². The molecule has 1 amide bonds. The van der Waals surface area contributed by atoms with Crippen LogP contribution in [0.2, 0.25) is 0 Å². The predicted octanol–water partition coefficient (Wildman–Crippen LogP) is 1.01. The van der Waals surface area contributed by atoms with Crippen LogP contribution in [-0.4, -0.2) is 33.1 Å². The van der Waals surface area contributed by atoms with Crippen molar-refractivity contribution in [2.75, 3.05) is 12.3 Å². The third-order valence-electron chi connectivity index (χ3n) is 2.97. The van der Waals surface area contributed by atoms with Crippen LogP contribution < -0.4 is 5.73 Å². The first kappa shape index (κ1) is 10.0. The first-order valence-electron chi connectivity index (χ1n) is 5.13. The molecule has 1 aromatic heterocycles. The van der Waals surface area contributed by atoms with Crippen LogP contribution in [0.4, 0.5) is 5.82 Å². The van der Waals surface area contributed by atoms with Gasteiger partial charge in [0.1, 0.15) is 11.5 Å². The Morgan fingerprint density at radius 1 is 1.67 bits per heavy atom. The van der Waals surface area contributed by atoms with Gasteiger partial charge in [0.2, 0.25) is 0 Å². The summed E-state index contributed by atoms with van der Waals surface area (Å²) in [5, 5.41) is 6.42. The van der Waals surface area contributed by atoms with Crippen molar-refractivity contribution in [3.05, 3.63) is 11.8 Å². The van der Waals surface area contributed by atoms with E-state index in [0.717, 1.165) is 19.4 Å². The summed E-state index contributed by atoms with van der Waals surface area (Å²) in [6, 6.07) is 1.58. The summed E-state index contributed by atoms with van der Waals surface area (Å²) in [4.78, 5) is 13.9. The van der Waals surface area contributed by atoms with E-state index < -0.39 is 0 Å². The van der Waals surface area contributed by atoms with Gasteiger partial charge in [0.15, 0.2) is 0 Å². The lowest BCUT2D eigenvalue weighted by molar-refractivity contribution is 0.0646. The molecule has 0 radical (unpaired) electrons. The number of nitrogens with zero attached hydrogens (tertiary/aromatic N) is 2. The van der Waals surface area contributed by atoms with Crippen molar-refractivity contribution in [2.45, 2.75) is 32.2 Å². The third kappa shape index (κ3) is 1.69. The molecule has 3 N–H and O–H groups in total. The number of nitrogens with two attached hydrogens (primary N) is 1. The first-order valence-corrected chi connectivity index (χ1v) is 5.13. The lowest BCUT2D eigenvalue weighted by atomic mass is 10.0. The smallest absolute Gasteiger partial charge is 0.272 e. The minimum atomic E-state index is -0.0586. The number of hydrogen-bond acceptors (Lipinski definition) is 3. The van der Waals surface area contributed by atoms with Crippen LogP contribution in [0.5, 0.6) is 0 Å². The summed E-state index contributed by atoms with van der Waals surface area (Å²) >= 11 is 0. The van der Waals surface area contributed by atoms with E-state index in [-0.39, 0.29) is 11.4 Å². The van der Waals surface area contributed by atoms with Crippen molar-refractivity contribution in [3.63, 3.8) is 0 Å². The lowest BCUT2D eigenvalue weighted by Crippen LogP contribution is -2.42. The molecule has 0 unspecified atom stereocenters. The van der Waals surface area contributed by atoms with E-state index in [2.05, 4.69) is 24.0 Å².